The number of hydrogen-bond donors (Lipinski definition) is 2. The Morgan fingerprint density at radius 3 is 2.42 bits per heavy atom. The molecule has 0 radical (unpaired) electrons. The van der Waals surface area contributed by atoms with Gasteiger partial charge in [-0.25, -0.2) is 9.48 Å². The second-order valence-corrected chi connectivity index (χ2v) is 7.19. The number of urea groups is 1. The van der Waals surface area contributed by atoms with Crippen LogP contribution in [0.4, 0.5) is 4.79 Å². The van der Waals surface area contributed by atoms with Gasteiger partial charge in [-0.1, -0.05) is 17.3 Å². The third kappa shape index (κ3) is 4.97. The molecule has 0 spiro atoms. The summed E-state index contributed by atoms with van der Waals surface area (Å²) < 4.78 is 6.76. The van der Waals surface area contributed by atoms with Gasteiger partial charge < -0.3 is 20.3 Å². The first-order valence-electron chi connectivity index (χ1n) is 9.87. The fraction of sp³-hybridized carbons (Fsp3) is 0.286. The number of carbonyl (C=O) groups excluding carboxylic acids is 2. The quantitative estimate of drug-likeness (QED) is 0.596. The molecule has 1 fully saturated rings. The summed E-state index contributed by atoms with van der Waals surface area (Å²) in [5.74, 6) is 0.482. The van der Waals surface area contributed by atoms with E-state index in [2.05, 4.69) is 25.9 Å². The van der Waals surface area contributed by atoms with E-state index in [1.165, 1.54) is 0 Å². The largest absolute Gasteiger partial charge is 0.497 e. The predicted octanol–water partition coefficient (Wildman–Crippen LogP) is 1.38. The van der Waals surface area contributed by atoms with Crippen molar-refractivity contribution in [3.63, 3.8) is 0 Å². The fourth-order valence-corrected chi connectivity index (χ4v) is 3.15. The number of pyridine rings is 1. The average Bonchev–Trinajstić information content (AvgIpc) is 3.26. The number of methoxy groups -OCH3 is 1. The van der Waals surface area contributed by atoms with Gasteiger partial charge in [-0.15, -0.1) is 5.10 Å². The van der Waals surface area contributed by atoms with Gasteiger partial charge in [0, 0.05) is 38.6 Å². The van der Waals surface area contributed by atoms with Gasteiger partial charge in [0.1, 0.15) is 5.75 Å². The molecule has 0 aliphatic carbocycles. The molecule has 0 bridgehead atoms. The van der Waals surface area contributed by atoms with Crippen LogP contribution >= 0.6 is 0 Å². The lowest BCUT2D eigenvalue weighted by molar-refractivity contribution is 0.0945. The maximum atomic E-state index is 12.3. The van der Waals surface area contributed by atoms with Crippen molar-refractivity contribution in [2.75, 3.05) is 20.2 Å². The van der Waals surface area contributed by atoms with Gasteiger partial charge in [-0.3, -0.25) is 9.78 Å². The first-order valence-corrected chi connectivity index (χ1v) is 9.87. The molecule has 31 heavy (non-hydrogen) atoms. The minimum absolute atomic E-state index is 0.000911. The van der Waals surface area contributed by atoms with Crippen molar-refractivity contribution in [3.05, 3.63) is 71.8 Å². The van der Waals surface area contributed by atoms with Gasteiger partial charge in [0.2, 0.25) is 0 Å². The van der Waals surface area contributed by atoms with E-state index in [4.69, 9.17) is 4.74 Å². The number of nitrogens with zero attached hydrogens (tertiary/aromatic N) is 5. The SMILES string of the molecule is COc1ccc(CNC(=O)N2CC(n3cc(C(=O)NCc4ccncc4)nn3)C2)cc1. The van der Waals surface area contributed by atoms with Crippen LogP contribution in [0.3, 0.4) is 0 Å². The van der Waals surface area contributed by atoms with E-state index in [1.807, 2.05) is 36.4 Å². The lowest BCUT2D eigenvalue weighted by Crippen LogP contribution is -2.54. The van der Waals surface area contributed by atoms with Gasteiger partial charge in [0.05, 0.1) is 19.3 Å². The van der Waals surface area contributed by atoms with Gasteiger partial charge in [0.25, 0.3) is 5.91 Å². The number of benzene rings is 1. The lowest BCUT2D eigenvalue weighted by Gasteiger charge is -2.38. The summed E-state index contributed by atoms with van der Waals surface area (Å²) in [6.45, 7) is 1.85. The van der Waals surface area contributed by atoms with Crippen LogP contribution in [0.5, 0.6) is 5.75 Å². The minimum atomic E-state index is -0.295. The second kappa shape index (κ2) is 9.24. The number of nitrogens with one attached hydrogen (secondary N) is 2. The van der Waals surface area contributed by atoms with E-state index in [0.717, 1.165) is 16.9 Å². The summed E-state index contributed by atoms with van der Waals surface area (Å²) in [4.78, 5) is 30.2. The van der Waals surface area contributed by atoms with Crippen molar-refractivity contribution in [3.8, 4) is 5.75 Å². The highest BCUT2D eigenvalue weighted by molar-refractivity contribution is 5.91. The van der Waals surface area contributed by atoms with Crippen LogP contribution in [-0.4, -0.2) is 57.0 Å². The molecule has 1 saturated heterocycles. The first-order chi connectivity index (χ1) is 15.1. The molecule has 1 aromatic carbocycles. The predicted molar refractivity (Wildman–Crippen MR) is 111 cm³/mol. The Kier molecular flexibility index (Phi) is 6.06. The molecule has 2 N–H and O–H groups in total. The fourth-order valence-electron chi connectivity index (χ4n) is 3.15. The third-order valence-corrected chi connectivity index (χ3v) is 5.07. The number of ether oxygens (including phenoxy) is 1. The van der Waals surface area contributed by atoms with E-state index in [9.17, 15) is 9.59 Å². The molecule has 0 unspecified atom stereocenters. The normalized spacial score (nSPS) is 13.4. The number of rotatable bonds is 7. The van der Waals surface area contributed by atoms with Crippen molar-refractivity contribution >= 4 is 11.9 Å². The molecule has 1 aliphatic rings. The van der Waals surface area contributed by atoms with Crippen LogP contribution < -0.4 is 15.4 Å². The molecular formula is C21H23N7O3. The van der Waals surface area contributed by atoms with Crippen LogP contribution in [0.1, 0.15) is 27.7 Å². The number of amides is 3. The molecule has 0 atom stereocenters. The number of hydrogen-bond acceptors (Lipinski definition) is 6. The van der Waals surface area contributed by atoms with E-state index in [0.29, 0.717) is 26.2 Å². The third-order valence-electron chi connectivity index (χ3n) is 5.07. The first kappa shape index (κ1) is 20.3. The molecule has 10 nitrogen and oxygen atoms in total. The zero-order chi connectivity index (χ0) is 21.6. The molecule has 3 aromatic rings. The number of likely N-dealkylation sites (tertiary alicyclic amines) is 1. The minimum Gasteiger partial charge on any atom is -0.497 e. The molecule has 0 saturated carbocycles. The molecule has 2 aromatic heterocycles. The summed E-state index contributed by atoms with van der Waals surface area (Å²) in [6.07, 6.45) is 4.96. The van der Waals surface area contributed by atoms with Gasteiger partial charge in [0.15, 0.2) is 5.69 Å². The van der Waals surface area contributed by atoms with Gasteiger partial charge in [-0.05, 0) is 35.4 Å². The monoisotopic (exact) mass is 421 g/mol. The Balaban J connectivity index is 1.22. The van der Waals surface area contributed by atoms with Crippen molar-refractivity contribution in [2.45, 2.75) is 19.1 Å². The molecule has 1 aliphatic heterocycles. The summed E-state index contributed by atoms with van der Waals surface area (Å²) in [7, 11) is 1.62. The van der Waals surface area contributed by atoms with Crippen LogP contribution in [0.25, 0.3) is 0 Å². The molecular weight excluding hydrogens is 398 g/mol. The van der Waals surface area contributed by atoms with Crippen LogP contribution in [0.2, 0.25) is 0 Å². The Hall–Kier alpha value is -3.95. The second-order valence-electron chi connectivity index (χ2n) is 7.19. The van der Waals surface area contributed by atoms with E-state index >= 15 is 0 Å². The van der Waals surface area contributed by atoms with Crippen molar-refractivity contribution in [2.24, 2.45) is 0 Å². The number of aromatic nitrogens is 4. The number of carbonyl (C=O) groups is 2. The smallest absolute Gasteiger partial charge is 0.317 e. The highest BCUT2D eigenvalue weighted by Gasteiger charge is 2.33. The topological polar surface area (TPSA) is 114 Å². The summed E-state index contributed by atoms with van der Waals surface area (Å²) >= 11 is 0. The Labute approximate surface area is 179 Å². The van der Waals surface area contributed by atoms with Crippen LogP contribution in [-0.2, 0) is 13.1 Å². The van der Waals surface area contributed by atoms with Crippen molar-refractivity contribution in [1.29, 1.82) is 0 Å². The molecule has 4 rings (SSSR count). The van der Waals surface area contributed by atoms with E-state index in [1.54, 1.807) is 35.3 Å². The highest BCUT2D eigenvalue weighted by Crippen LogP contribution is 2.20. The zero-order valence-corrected chi connectivity index (χ0v) is 17.1. The summed E-state index contributed by atoms with van der Waals surface area (Å²) in [6, 6.07) is 11.1. The van der Waals surface area contributed by atoms with E-state index < -0.39 is 0 Å². The molecule has 3 heterocycles. The van der Waals surface area contributed by atoms with Crippen LogP contribution in [0.15, 0.2) is 55.0 Å². The highest BCUT2D eigenvalue weighted by atomic mass is 16.5. The Morgan fingerprint density at radius 1 is 1.03 bits per heavy atom. The average molecular weight is 421 g/mol. The van der Waals surface area contributed by atoms with Crippen molar-refractivity contribution < 1.29 is 14.3 Å². The maximum absolute atomic E-state index is 12.3. The van der Waals surface area contributed by atoms with Crippen LogP contribution in [0, 0.1) is 0 Å². The van der Waals surface area contributed by atoms with Gasteiger partial charge in [-0.2, -0.15) is 0 Å². The maximum Gasteiger partial charge on any atom is 0.317 e. The summed E-state index contributed by atoms with van der Waals surface area (Å²) in [5.41, 5.74) is 2.19. The molecule has 160 valence electrons. The Bertz CT molecular complexity index is 1030. The van der Waals surface area contributed by atoms with Crippen molar-refractivity contribution in [1.82, 2.24) is 35.5 Å². The summed E-state index contributed by atoms with van der Waals surface area (Å²) in [5, 5.41) is 13.7. The molecule has 3 amide bonds. The lowest BCUT2D eigenvalue weighted by atomic mass is 10.1. The standard InChI is InChI=1S/C21H23N7O3/c1-31-18-4-2-15(3-5-18)11-24-21(30)27-12-17(13-27)28-14-19(25-26-28)20(29)23-10-16-6-8-22-9-7-16/h2-9,14,17H,10-13H2,1H3,(H,23,29)(H,24,30). The van der Waals surface area contributed by atoms with Gasteiger partial charge >= 0.3 is 6.03 Å². The Morgan fingerprint density at radius 2 is 1.71 bits per heavy atom. The zero-order valence-electron chi connectivity index (χ0n) is 17.1. The molecule has 10 heteroatoms. The van der Waals surface area contributed by atoms with E-state index in [-0.39, 0.29) is 23.7 Å².